The first-order valence-corrected chi connectivity index (χ1v) is 9.99. The number of nitrogens with zero attached hydrogens (tertiary/aromatic N) is 1. The SMILES string of the molecule is COc1ccc(OC)c(S(=O)(=O)Nc2ccc(NCc3ccccc3)cn2)c1. The molecule has 0 spiro atoms. The quantitative estimate of drug-likeness (QED) is 0.602. The number of pyridine rings is 1. The highest BCUT2D eigenvalue weighted by Gasteiger charge is 2.21. The lowest BCUT2D eigenvalue weighted by molar-refractivity contribution is 0.392. The van der Waals surface area contributed by atoms with Crippen LogP contribution in [0.15, 0.2) is 71.8 Å². The van der Waals surface area contributed by atoms with E-state index in [4.69, 9.17) is 9.47 Å². The molecule has 3 rings (SSSR count). The van der Waals surface area contributed by atoms with Crippen molar-refractivity contribution >= 4 is 21.5 Å². The van der Waals surface area contributed by atoms with E-state index in [1.165, 1.54) is 26.4 Å². The van der Waals surface area contributed by atoms with Crippen molar-refractivity contribution in [3.63, 3.8) is 0 Å². The van der Waals surface area contributed by atoms with E-state index in [-0.39, 0.29) is 16.5 Å². The molecular formula is C20H21N3O4S. The molecule has 0 radical (unpaired) electrons. The van der Waals surface area contributed by atoms with Gasteiger partial charge in [0.05, 0.1) is 26.1 Å². The Bertz CT molecular complexity index is 1020. The first-order valence-electron chi connectivity index (χ1n) is 8.50. The van der Waals surface area contributed by atoms with Gasteiger partial charge in [0.25, 0.3) is 10.0 Å². The van der Waals surface area contributed by atoms with Crippen molar-refractivity contribution in [2.75, 3.05) is 24.3 Å². The summed E-state index contributed by atoms with van der Waals surface area (Å²) in [6.07, 6.45) is 1.57. The summed E-state index contributed by atoms with van der Waals surface area (Å²) in [6, 6.07) is 17.9. The van der Waals surface area contributed by atoms with Crippen LogP contribution in [0.25, 0.3) is 0 Å². The van der Waals surface area contributed by atoms with Crippen molar-refractivity contribution in [2.45, 2.75) is 11.4 Å². The molecule has 0 bridgehead atoms. The van der Waals surface area contributed by atoms with E-state index in [0.717, 1.165) is 11.3 Å². The third-order valence-corrected chi connectivity index (χ3v) is 5.38. The number of hydrogen-bond donors (Lipinski definition) is 2. The molecule has 2 aromatic carbocycles. The Morgan fingerprint density at radius 2 is 1.75 bits per heavy atom. The molecule has 0 saturated carbocycles. The molecule has 28 heavy (non-hydrogen) atoms. The van der Waals surface area contributed by atoms with E-state index >= 15 is 0 Å². The van der Waals surface area contributed by atoms with E-state index < -0.39 is 10.0 Å². The minimum Gasteiger partial charge on any atom is -0.497 e. The molecule has 1 heterocycles. The van der Waals surface area contributed by atoms with E-state index in [1.54, 1.807) is 24.4 Å². The van der Waals surface area contributed by atoms with Gasteiger partial charge in [0.1, 0.15) is 22.2 Å². The number of ether oxygens (including phenoxy) is 2. The minimum atomic E-state index is -3.89. The Hall–Kier alpha value is -3.26. The van der Waals surface area contributed by atoms with Gasteiger partial charge in [-0.3, -0.25) is 4.72 Å². The van der Waals surface area contributed by atoms with Crippen molar-refractivity contribution in [1.29, 1.82) is 0 Å². The summed E-state index contributed by atoms with van der Waals surface area (Å²) >= 11 is 0. The lowest BCUT2D eigenvalue weighted by Gasteiger charge is -2.13. The number of aromatic nitrogens is 1. The van der Waals surface area contributed by atoms with Gasteiger partial charge >= 0.3 is 0 Å². The van der Waals surface area contributed by atoms with E-state index in [0.29, 0.717) is 12.3 Å². The molecule has 7 nitrogen and oxygen atoms in total. The molecule has 0 atom stereocenters. The molecule has 0 aliphatic heterocycles. The summed E-state index contributed by atoms with van der Waals surface area (Å²) in [6.45, 7) is 0.647. The number of benzene rings is 2. The number of rotatable bonds is 8. The fourth-order valence-corrected chi connectivity index (χ4v) is 3.74. The molecule has 2 N–H and O–H groups in total. The van der Waals surface area contributed by atoms with Crippen LogP contribution >= 0.6 is 0 Å². The minimum absolute atomic E-state index is 0.0255. The largest absolute Gasteiger partial charge is 0.497 e. The van der Waals surface area contributed by atoms with Gasteiger partial charge in [-0.15, -0.1) is 0 Å². The van der Waals surface area contributed by atoms with E-state index in [9.17, 15) is 8.42 Å². The zero-order valence-electron chi connectivity index (χ0n) is 15.5. The van der Waals surface area contributed by atoms with Gasteiger partial charge in [0.15, 0.2) is 0 Å². The maximum absolute atomic E-state index is 12.7. The molecular weight excluding hydrogens is 378 g/mol. The number of nitrogens with one attached hydrogen (secondary N) is 2. The molecule has 8 heteroatoms. The predicted octanol–water partition coefficient (Wildman–Crippen LogP) is 3.51. The van der Waals surface area contributed by atoms with Crippen LogP contribution in [0.2, 0.25) is 0 Å². The second-order valence-corrected chi connectivity index (χ2v) is 7.54. The maximum atomic E-state index is 12.7. The van der Waals surface area contributed by atoms with Crippen LogP contribution in [0.4, 0.5) is 11.5 Å². The van der Waals surface area contributed by atoms with Crippen LogP contribution in [-0.2, 0) is 16.6 Å². The van der Waals surface area contributed by atoms with Crippen LogP contribution in [0.3, 0.4) is 0 Å². The number of anilines is 2. The smallest absolute Gasteiger partial charge is 0.266 e. The van der Waals surface area contributed by atoms with E-state index in [1.807, 2.05) is 30.3 Å². The Labute approximate surface area is 164 Å². The van der Waals surface area contributed by atoms with Gasteiger partial charge in [-0.1, -0.05) is 30.3 Å². The molecule has 0 saturated heterocycles. The molecule has 0 fully saturated rings. The molecule has 0 unspecified atom stereocenters. The normalized spacial score (nSPS) is 10.9. The number of sulfonamides is 1. The molecule has 146 valence electrons. The van der Waals surface area contributed by atoms with Crippen LogP contribution in [0.1, 0.15) is 5.56 Å². The molecule has 3 aromatic rings. The topological polar surface area (TPSA) is 89.5 Å². The Morgan fingerprint density at radius 3 is 2.39 bits per heavy atom. The highest BCUT2D eigenvalue weighted by Crippen LogP contribution is 2.29. The van der Waals surface area contributed by atoms with Gasteiger partial charge in [-0.05, 0) is 29.8 Å². The summed E-state index contributed by atoms with van der Waals surface area (Å²) in [5.74, 6) is 0.833. The summed E-state index contributed by atoms with van der Waals surface area (Å²) in [4.78, 5) is 4.15. The van der Waals surface area contributed by atoms with Gasteiger partial charge in [-0.25, -0.2) is 13.4 Å². The van der Waals surface area contributed by atoms with Gasteiger partial charge < -0.3 is 14.8 Å². The van der Waals surface area contributed by atoms with Crippen LogP contribution in [0, 0.1) is 0 Å². The maximum Gasteiger partial charge on any atom is 0.266 e. The zero-order valence-corrected chi connectivity index (χ0v) is 16.4. The second-order valence-electron chi connectivity index (χ2n) is 5.89. The Kier molecular flexibility index (Phi) is 6.00. The summed E-state index contributed by atoms with van der Waals surface area (Å²) in [7, 11) is -1.02. The van der Waals surface area contributed by atoms with Crippen molar-refractivity contribution in [2.24, 2.45) is 0 Å². The predicted molar refractivity (Wildman–Crippen MR) is 108 cm³/mol. The zero-order chi connectivity index (χ0) is 20.0. The summed E-state index contributed by atoms with van der Waals surface area (Å²) in [5, 5.41) is 3.24. The fourth-order valence-electron chi connectivity index (χ4n) is 2.55. The van der Waals surface area contributed by atoms with Crippen molar-refractivity contribution in [3.05, 3.63) is 72.4 Å². The Morgan fingerprint density at radius 1 is 0.964 bits per heavy atom. The fraction of sp³-hybridized carbons (Fsp3) is 0.150. The molecule has 0 aliphatic carbocycles. The number of methoxy groups -OCH3 is 2. The lowest BCUT2D eigenvalue weighted by atomic mass is 10.2. The van der Waals surface area contributed by atoms with E-state index in [2.05, 4.69) is 15.0 Å². The number of hydrogen-bond acceptors (Lipinski definition) is 6. The molecule has 1 aromatic heterocycles. The first kappa shape index (κ1) is 19.5. The van der Waals surface area contributed by atoms with Gasteiger partial charge in [0, 0.05) is 12.6 Å². The standard InChI is InChI=1S/C20H21N3O4S/c1-26-17-9-10-18(27-2)19(12-17)28(24,25)23-20-11-8-16(14-22-20)21-13-15-6-4-3-5-7-15/h3-12,14,21H,13H2,1-2H3,(H,22,23). The van der Waals surface area contributed by atoms with Crippen molar-refractivity contribution in [3.8, 4) is 11.5 Å². The lowest BCUT2D eigenvalue weighted by Crippen LogP contribution is -2.15. The highest BCUT2D eigenvalue weighted by molar-refractivity contribution is 7.92. The molecule has 0 amide bonds. The molecule has 0 aliphatic rings. The highest BCUT2D eigenvalue weighted by atomic mass is 32.2. The Balaban J connectivity index is 1.72. The average molecular weight is 399 g/mol. The van der Waals surface area contributed by atoms with Gasteiger partial charge in [-0.2, -0.15) is 0 Å². The van der Waals surface area contributed by atoms with Crippen LogP contribution in [0.5, 0.6) is 11.5 Å². The third-order valence-electron chi connectivity index (χ3n) is 4.00. The third kappa shape index (κ3) is 4.72. The van der Waals surface area contributed by atoms with Crippen molar-refractivity contribution < 1.29 is 17.9 Å². The second kappa shape index (κ2) is 8.62. The average Bonchev–Trinajstić information content (AvgIpc) is 2.73. The summed E-state index contributed by atoms with van der Waals surface area (Å²) in [5.41, 5.74) is 1.92. The monoisotopic (exact) mass is 399 g/mol. The van der Waals surface area contributed by atoms with Crippen molar-refractivity contribution in [1.82, 2.24) is 4.98 Å². The van der Waals surface area contributed by atoms with Gasteiger partial charge in [0.2, 0.25) is 0 Å². The summed E-state index contributed by atoms with van der Waals surface area (Å²) < 4.78 is 38.2. The van der Waals surface area contributed by atoms with Crippen LogP contribution in [-0.4, -0.2) is 27.6 Å². The van der Waals surface area contributed by atoms with Crippen LogP contribution < -0.4 is 19.5 Å². The first-order chi connectivity index (χ1) is 13.5.